The zero-order valence-electron chi connectivity index (χ0n) is 11.8. The first-order chi connectivity index (χ1) is 11.1. The molecule has 1 heterocycles. The Labute approximate surface area is 142 Å². The molecule has 0 saturated carbocycles. The van der Waals surface area contributed by atoms with E-state index in [1.54, 1.807) is 42.7 Å². The molecule has 0 aliphatic carbocycles. The third kappa shape index (κ3) is 5.36. The maximum Gasteiger partial charge on any atom is 0.329 e. The summed E-state index contributed by atoms with van der Waals surface area (Å²) >= 11 is 11.7. The fraction of sp³-hybridized carbons (Fsp3) is 0.0667. The van der Waals surface area contributed by atoms with Gasteiger partial charge in [0.25, 0.3) is 0 Å². The number of carbonyl (C=O) groups is 2. The molecule has 0 bridgehead atoms. The molecule has 0 fully saturated rings. The summed E-state index contributed by atoms with van der Waals surface area (Å²) < 4.78 is 0. The third-order valence-electron chi connectivity index (χ3n) is 2.71. The third-order valence-corrected chi connectivity index (χ3v) is 3.28. The number of nitrogens with one attached hydrogen (secondary N) is 2. The molecule has 23 heavy (non-hydrogen) atoms. The molecule has 0 aliphatic rings. The molecule has 0 aliphatic heterocycles. The highest BCUT2D eigenvalue weighted by Crippen LogP contribution is 2.19. The average molecular weight is 351 g/mol. The minimum Gasteiger partial charge on any atom is -0.344 e. The lowest BCUT2D eigenvalue weighted by molar-refractivity contribution is -0.139. The molecule has 0 atom stereocenters. The highest BCUT2D eigenvalue weighted by Gasteiger charge is 2.11. The van der Waals surface area contributed by atoms with Crippen LogP contribution in [0.2, 0.25) is 10.0 Å². The average Bonchev–Trinajstić information content (AvgIpc) is 2.55. The number of aromatic nitrogens is 1. The van der Waals surface area contributed by atoms with Gasteiger partial charge in [0.05, 0.1) is 11.2 Å². The minimum absolute atomic E-state index is 0.201. The number of pyridine rings is 1. The maximum absolute atomic E-state index is 11.6. The Kier molecular flexibility index (Phi) is 6.08. The Morgan fingerprint density at radius 1 is 1.22 bits per heavy atom. The van der Waals surface area contributed by atoms with Crippen LogP contribution in [-0.2, 0) is 16.1 Å². The fourth-order valence-electron chi connectivity index (χ4n) is 1.58. The van der Waals surface area contributed by atoms with Gasteiger partial charge in [-0.15, -0.1) is 0 Å². The van der Waals surface area contributed by atoms with Crippen molar-refractivity contribution in [3.63, 3.8) is 0 Å². The van der Waals surface area contributed by atoms with Gasteiger partial charge >= 0.3 is 11.8 Å². The van der Waals surface area contributed by atoms with Crippen LogP contribution in [0.1, 0.15) is 11.1 Å². The molecule has 0 unspecified atom stereocenters. The molecule has 2 rings (SSSR count). The number of hydrogen-bond acceptors (Lipinski definition) is 4. The molecule has 2 N–H and O–H groups in total. The van der Waals surface area contributed by atoms with Crippen LogP contribution in [0.4, 0.5) is 0 Å². The van der Waals surface area contributed by atoms with Gasteiger partial charge in [-0.3, -0.25) is 14.6 Å². The molecule has 1 aromatic heterocycles. The molecule has 6 nitrogen and oxygen atoms in total. The van der Waals surface area contributed by atoms with E-state index in [4.69, 9.17) is 23.2 Å². The van der Waals surface area contributed by atoms with Crippen LogP contribution in [0.15, 0.2) is 47.8 Å². The van der Waals surface area contributed by atoms with E-state index in [0.717, 1.165) is 5.56 Å². The summed E-state index contributed by atoms with van der Waals surface area (Å²) in [7, 11) is 0. The van der Waals surface area contributed by atoms with Gasteiger partial charge in [0.2, 0.25) is 0 Å². The first kappa shape index (κ1) is 16.9. The normalized spacial score (nSPS) is 10.5. The van der Waals surface area contributed by atoms with Gasteiger partial charge in [0.1, 0.15) is 0 Å². The number of carbonyl (C=O) groups excluding carboxylic acids is 2. The predicted molar refractivity (Wildman–Crippen MR) is 88.3 cm³/mol. The van der Waals surface area contributed by atoms with Gasteiger partial charge in [0, 0.05) is 29.5 Å². The van der Waals surface area contributed by atoms with Crippen molar-refractivity contribution in [3.05, 3.63) is 63.9 Å². The Balaban J connectivity index is 1.84. The van der Waals surface area contributed by atoms with Gasteiger partial charge in [-0.1, -0.05) is 35.3 Å². The van der Waals surface area contributed by atoms with E-state index < -0.39 is 11.8 Å². The molecule has 2 aromatic rings. The summed E-state index contributed by atoms with van der Waals surface area (Å²) in [6.45, 7) is 0.201. The number of halogens is 2. The monoisotopic (exact) mass is 350 g/mol. The first-order valence-electron chi connectivity index (χ1n) is 6.51. The van der Waals surface area contributed by atoms with Gasteiger partial charge in [-0.2, -0.15) is 5.10 Å². The second-order valence-electron chi connectivity index (χ2n) is 4.41. The van der Waals surface area contributed by atoms with E-state index in [0.29, 0.717) is 15.6 Å². The number of amides is 2. The quantitative estimate of drug-likeness (QED) is 0.503. The second-order valence-corrected chi connectivity index (χ2v) is 5.25. The zero-order valence-corrected chi connectivity index (χ0v) is 13.3. The summed E-state index contributed by atoms with van der Waals surface area (Å²) in [5.41, 5.74) is 3.46. The number of hydrazone groups is 1. The van der Waals surface area contributed by atoms with Crippen LogP contribution in [0.5, 0.6) is 0 Å². The van der Waals surface area contributed by atoms with E-state index in [2.05, 4.69) is 20.8 Å². The summed E-state index contributed by atoms with van der Waals surface area (Å²) in [4.78, 5) is 27.1. The van der Waals surface area contributed by atoms with Crippen LogP contribution >= 0.6 is 23.2 Å². The highest BCUT2D eigenvalue weighted by molar-refractivity contribution is 6.36. The number of rotatable bonds is 4. The van der Waals surface area contributed by atoms with Crippen molar-refractivity contribution >= 4 is 41.2 Å². The zero-order chi connectivity index (χ0) is 16.7. The smallest absolute Gasteiger partial charge is 0.329 e. The Morgan fingerprint density at radius 3 is 2.74 bits per heavy atom. The maximum atomic E-state index is 11.6. The predicted octanol–water partition coefficient (Wildman–Crippen LogP) is 2.15. The van der Waals surface area contributed by atoms with Crippen LogP contribution in [-0.4, -0.2) is 23.0 Å². The largest absolute Gasteiger partial charge is 0.344 e. The lowest BCUT2D eigenvalue weighted by atomic mass is 10.2. The molecule has 0 spiro atoms. The van der Waals surface area contributed by atoms with Crippen molar-refractivity contribution in [2.45, 2.75) is 6.54 Å². The molecule has 118 valence electrons. The van der Waals surface area contributed by atoms with Crippen LogP contribution in [0, 0.1) is 0 Å². The highest BCUT2D eigenvalue weighted by atomic mass is 35.5. The Bertz CT molecular complexity index is 736. The topological polar surface area (TPSA) is 83.5 Å². The van der Waals surface area contributed by atoms with Crippen LogP contribution < -0.4 is 10.7 Å². The van der Waals surface area contributed by atoms with Gasteiger partial charge in [-0.05, 0) is 23.8 Å². The van der Waals surface area contributed by atoms with E-state index in [1.807, 2.05) is 0 Å². The van der Waals surface area contributed by atoms with E-state index >= 15 is 0 Å². The molecular formula is C15H12Cl2N4O2. The summed E-state index contributed by atoms with van der Waals surface area (Å²) in [5.74, 6) is -1.68. The van der Waals surface area contributed by atoms with Crippen molar-refractivity contribution < 1.29 is 9.59 Å². The van der Waals surface area contributed by atoms with Gasteiger partial charge in [-0.25, -0.2) is 5.43 Å². The lowest BCUT2D eigenvalue weighted by Crippen LogP contribution is -2.37. The number of nitrogens with zero attached hydrogens (tertiary/aromatic N) is 2. The van der Waals surface area contributed by atoms with E-state index in [1.165, 1.54) is 6.21 Å². The molecule has 8 heteroatoms. The van der Waals surface area contributed by atoms with Crippen molar-refractivity contribution in [2.75, 3.05) is 0 Å². The van der Waals surface area contributed by atoms with Gasteiger partial charge < -0.3 is 5.32 Å². The van der Waals surface area contributed by atoms with Crippen molar-refractivity contribution in [3.8, 4) is 0 Å². The standard InChI is InChI=1S/C15H12Cl2N4O2/c16-12-4-3-11(13(17)6-12)9-20-21-15(23)14(22)19-8-10-2-1-5-18-7-10/h1-7,9H,8H2,(H,19,22)(H,21,23). The van der Waals surface area contributed by atoms with Crippen molar-refractivity contribution in [2.24, 2.45) is 5.10 Å². The first-order valence-corrected chi connectivity index (χ1v) is 7.27. The molecular weight excluding hydrogens is 339 g/mol. The van der Waals surface area contributed by atoms with Crippen LogP contribution in [0.3, 0.4) is 0 Å². The van der Waals surface area contributed by atoms with E-state index in [9.17, 15) is 9.59 Å². The van der Waals surface area contributed by atoms with Crippen molar-refractivity contribution in [1.29, 1.82) is 0 Å². The molecule has 0 radical (unpaired) electrons. The number of hydrogen-bond donors (Lipinski definition) is 2. The second kappa shape index (κ2) is 8.26. The van der Waals surface area contributed by atoms with Gasteiger partial charge in [0.15, 0.2) is 0 Å². The summed E-state index contributed by atoms with van der Waals surface area (Å²) in [6.07, 6.45) is 4.54. The molecule has 1 aromatic carbocycles. The SMILES string of the molecule is O=C(NCc1cccnc1)C(=O)NN=Cc1ccc(Cl)cc1Cl. The van der Waals surface area contributed by atoms with Crippen LogP contribution in [0.25, 0.3) is 0 Å². The summed E-state index contributed by atoms with van der Waals surface area (Å²) in [5, 5.41) is 7.02. The Hall–Kier alpha value is -2.44. The number of benzene rings is 1. The molecule has 2 amide bonds. The lowest BCUT2D eigenvalue weighted by Gasteiger charge is -2.03. The van der Waals surface area contributed by atoms with Crippen molar-refractivity contribution in [1.82, 2.24) is 15.7 Å². The summed E-state index contributed by atoms with van der Waals surface area (Å²) in [6, 6.07) is 8.35. The molecule has 0 saturated heterocycles. The Morgan fingerprint density at radius 2 is 2.04 bits per heavy atom. The fourth-order valence-corrected chi connectivity index (χ4v) is 2.04. The minimum atomic E-state index is -0.879. The van der Waals surface area contributed by atoms with E-state index in [-0.39, 0.29) is 6.54 Å².